The van der Waals surface area contributed by atoms with Gasteiger partial charge in [-0.3, -0.25) is 19.6 Å². The molecule has 2 heterocycles. The second-order valence-corrected chi connectivity index (χ2v) is 9.60. The van der Waals surface area contributed by atoms with Crippen molar-refractivity contribution in [2.24, 2.45) is 0 Å². The Bertz CT molecular complexity index is 1200. The lowest BCUT2D eigenvalue weighted by atomic mass is 10.0. The first-order valence-corrected chi connectivity index (χ1v) is 12.3. The van der Waals surface area contributed by atoms with E-state index < -0.39 is 12.0 Å². The molecule has 1 fully saturated rings. The Morgan fingerprint density at radius 1 is 1.00 bits per heavy atom. The number of aromatic nitrogens is 1. The lowest BCUT2D eigenvalue weighted by molar-refractivity contribution is -0.145. The number of nitrogens with zero attached hydrogens (tertiary/aromatic N) is 3. The summed E-state index contributed by atoms with van der Waals surface area (Å²) >= 11 is 0. The van der Waals surface area contributed by atoms with Crippen molar-refractivity contribution in [3.8, 4) is 0 Å². The van der Waals surface area contributed by atoms with Crippen molar-refractivity contribution < 1.29 is 18.7 Å². The Hall–Kier alpha value is -2.90. The number of aliphatic carboxylic acids is 1. The summed E-state index contributed by atoms with van der Waals surface area (Å²) in [5.41, 5.74) is 4.22. The van der Waals surface area contributed by atoms with Crippen molar-refractivity contribution in [1.29, 1.82) is 0 Å². The number of fused-ring (bicyclic) bond motifs is 1. The van der Waals surface area contributed by atoms with E-state index in [1.807, 2.05) is 43.0 Å². The summed E-state index contributed by atoms with van der Waals surface area (Å²) in [4.78, 5) is 20.3. The van der Waals surface area contributed by atoms with Crippen LogP contribution in [0.25, 0.3) is 10.9 Å². The van der Waals surface area contributed by atoms with E-state index in [9.17, 15) is 18.7 Å². The fourth-order valence-corrected chi connectivity index (χ4v) is 5.02. The molecule has 1 atom stereocenters. The molecule has 5 nitrogen and oxygen atoms in total. The first-order valence-electron chi connectivity index (χ1n) is 12.3. The van der Waals surface area contributed by atoms with Crippen LogP contribution in [0.4, 0.5) is 8.78 Å². The van der Waals surface area contributed by atoms with E-state index in [1.54, 1.807) is 6.07 Å². The topological polar surface area (TPSA) is 56.7 Å². The van der Waals surface area contributed by atoms with Crippen LogP contribution in [0.2, 0.25) is 0 Å². The molecule has 0 spiro atoms. The fraction of sp³-hybridized carbons (Fsp3) is 0.429. The zero-order valence-electron chi connectivity index (χ0n) is 20.4. The molecule has 1 aliphatic rings. The molecule has 7 heteroatoms. The summed E-state index contributed by atoms with van der Waals surface area (Å²) in [6.07, 6.45) is 3.88. The van der Waals surface area contributed by atoms with Crippen LogP contribution >= 0.6 is 0 Å². The number of carboxylic acid groups (broad SMARTS) is 1. The highest BCUT2D eigenvalue weighted by Gasteiger charge is 2.31. The molecule has 0 radical (unpaired) electrons. The van der Waals surface area contributed by atoms with E-state index in [-0.39, 0.29) is 11.6 Å². The molecule has 2 aromatic carbocycles. The van der Waals surface area contributed by atoms with Gasteiger partial charge in [-0.1, -0.05) is 29.3 Å². The molecule has 1 aromatic heterocycles. The van der Waals surface area contributed by atoms with Crippen LogP contribution in [-0.2, 0) is 17.6 Å². The summed E-state index contributed by atoms with van der Waals surface area (Å²) in [6.45, 7) is 7.11. The summed E-state index contributed by atoms with van der Waals surface area (Å²) in [5, 5.41) is 10.7. The second kappa shape index (κ2) is 11.2. The van der Waals surface area contributed by atoms with Crippen LogP contribution in [0.3, 0.4) is 0 Å². The Morgan fingerprint density at radius 3 is 2.54 bits per heavy atom. The van der Waals surface area contributed by atoms with Gasteiger partial charge in [0.2, 0.25) is 0 Å². The maximum atomic E-state index is 14.6. The zero-order chi connectivity index (χ0) is 24.9. The van der Waals surface area contributed by atoms with Crippen LogP contribution in [0.5, 0.6) is 0 Å². The molecule has 0 aliphatic carbocycles. The van der Waals surface area contributed by atoms with Crippen molar-refractivity contribution in [2.45, 2.75) is 45.6 Å². The van der Waals surface area contributed by atoms with Gasteiger partial charge in [-0.2, -0.15) is 0 Å². The van der Waals surface area contributed by atoms with Gasteiger partial charge in [0, 0.05) is 25.0 Å². The first kappa shape index (κ1) is 25.2. The SMILES string of the molecule is Cc1ccc(F)c(CCCN2CCN(CCCc3c(F)cnc4ccc(C)cc34)[C@@H](C(=O)O)C2)c1. The van der Waals surface area contributed by atoms with Crippen molar-refractivity contribution in [1.82, 2.24) is 14.8 Å². The lowest BCUT2D eigenvalue weighted by Crippen LogP contribution is -2.56. The van der Waals surface area contributed by atoms with Gasteiger partial charge in [-0.05, 0) is 81.9 Å². The summed E-state index contributed by atoms with van der Waals surface area (Å²) in [7, 11) is 0. The standard InChI is InChI=1S/C28H33F2N3O2/c1-19-7-9-24(29)21(15-19)5-3-11-32-13-14-33(27(18-32)28(34)35)12-4-6-22-23-16-20(2)8-10-26(23)31-17-25(22)30/h7-10,15-17,27H,3-6,11-14,18H2,1-2H3,(H,34,35)/t27-/m1/s1. The smallest absolute Gasteiger partial charge is 0.322 e. The maximum Gasteiger partial charge on any atom is 0.322 e. The predicted molar refractivity (Wildman–Crippen MR) is 134 cm³/mol. The molecule has 1 aliphatic heterocycles. The number of aryl methyl sites for hydroxylation is 4. The molecule has 186 valence electrons. The van der Waals surface area contributed by atoms with Crippen LogP contribution in [-0.4, -0.2) is 64.6 Å². The monoisotopic (exact) mass is 481 g/mol. The molecule has 1 N–H and O–H groups in total. The van der Waals surface area contributed by atoms with Crippen LogP contribution < -0.4 is 0 Å². The van der Waals surface area contributed by atoms with E-state index in [0.717, 1.165) is 41.5 Å². The third-order valence-corrected chi connectivity index (χ3v) is 6.94. The molecular weight excluding hydrogens is 448 g/mol. The third-order valence-electron chi connectivity index (χ3n) is 6.94. The molecule has 0 unspecified atom stereocenters. The highest BCUT2D eigenvalue weighted by atomic mass is 19.1. The molecular formula is C28H33F2N3O2. The molecule has 35 heavy (non-hydrogen) atoms. The van der Waals surface area contributed by atoms with E-state index >= 15 is 0 Å². The van der Waals surface area contributed by atoms with Gasteiger partial charge < -0.3 is 5.11 Å². The van der Waals surface area contributed by atoms with Crippen molar-refractivity contribution >= 4 is 16.9 Å². The largest absolute Gasteiger partial charge is 0.480 e. The van der Waals surface area contributed by atoms with Gasteiger partial charge in [0.15, 0.2) is 0 Å². The average Bonchev–Trinajstić information content (AvgIpc) is 2.83. The van der Waals surface area contributed by atoms with Crippen LogP contribution in [0, 0.1) is 25.5 Å². The number of carbonyl (C=O) groups is 1. The second-order valence-electron chi connectivity index (χ2n) is 9.60. The Balaban J connectivity index is 1.32. The minimum absolute atomic E-state index is 0.183. The minimum Gasteiger partial charge on any atom is -0.480 e. The predicted octanol–water partition coefficient (Wildman–Crippen LogP) is 4.77. The van der Waals surface area contributed by atoms with E-state index in [4.69, 9.17) is 0 Å². The number of hydrogen-bond acceptors (Lipinski definition) is 4. The minimum atomic E-state index is -0.837. The maximum absolute atomic E-state index is 14.6. The first-order chi connectivity index (χ1) is 16.8. The number of hydrogen-bond donors (Lipinski definition) is 1. The van der Waals surface area contributed by atoms with Crippen LogP contribution in [0.1, 0.15) is 35.1 Å². The van der Waals surface area contributed by atoms with Gasteiger partial charge in [-0.25, -0.2) is 8.78 Å². The number of pyridine rings is 1. The number of halogens is 2. The molecule has 3 aromatic rings. The number of benzene rings is 2. The van der Waals surface area contributed by atoms with Gasteiger partial charge in [-0.15, -0.1) is 0 Å². The van der Waals surface area contributed by atoms with E-state index in [2.05, 4.69) is 9.88 Å². The Labute approximate surface area is 205 Å². The van der Waals surface area contributed by atoms with Gasteiger partial charge in [0.1, 0.15) is 17.7 Å². The van der Waals surface area contributed by atoms with Gasteiger partial charge >= 0.3 is 5.97 Å². The Kier molecular flexibility index (Phi) is 8.08. The molecule has 4 rings (SSSR count). The lowest BCUT2D eigenvalue weighted by Gasteiger charge is -2.39. The Morgan fingerprint density at radius 2 is 1.74 bits per heavy atom. The molecule has 0 amide bonds. The normalized spacial score (nSPS) is 17.2. The highest BCUT2D eigenvalue weighted by molar-refractivity contribution is 5.82. The van der Waals surface area contributed by atoms with Crippen molar-refractivity contribution in [3.63, 3.8) is 0 Å². The van der Waals surface area contributed by atoms with E-state index in [1.165, 1.54) is 12.3 Å². The van der Waals surface area contributed by atoms with Crippen LogP contribution in [0.15, 0.2) is 42.6 Å². The van der Waals surface area contributed by atoms with E-state index in [0.29, 0.717) is 50.0 Å². The number of carboxylic acids is 1. The number of rotatable bonds is 9. The summed E-state index contributed by atoms with van der Waals surface area (Å²) in [5.74, 6) is -1.33. The van der Waals surface area contributed by atoms with Gasteiger partial charge in [0.25, 0.3) is 0 Å². The molecule has 1 saturated heterocycles. The third kappa shape index (κ3) is 6.21. The quantitative estimate of drug-likeness (QED) is 0.477. The summed E-state index contributed by atoms with van der Waals surface area (Å²) in [6, 6.07) is 10.4. The summed E-state index contributed by atoms with van der Waals surface area (Å²) < 4.78 is 28.6. The van der Waals surface area contributed by atoms with Gasteiger partial charge in [0.05, 0.1) is 11.7 Å². The zero-order valence-corrected chi connectivity index (χ0v) is 20.4. The van der Waals surface area contributed by atoms with Crippen molar-refractivity contribution in [2.75, 3.05) is 32.7 Å². The average molecular weight is 482 g/mol. The highest BCUT2D eigenvalue weighted by Crippen LogP contribution is 2.23. The van der Waals surface area contributed by atoms with Crippen molar-refractivity contribution in [3.05, 3.63) is 76.5 Å². The molecule has 0 saturated carbocycles. The fourth-order valence-electron chi connectivity index (χ4n) is 5.02. The number of piperazine rings is 1. The molecule has 0 bridgehead atoms.